The van der Waals surface area contributed by atoms with E-state index in [1.807, 2.05) is 23.6 Å². The van der Waals surface area contributed by atoms with Crippen molar-refractivity contribution in [2.75, 3.05) is 0 Å². The van der Waals surface area contributed by atoms with Gasteiger partial charge in [-0.3, -0.25) is 0 Å². The van der Waals surface area contributed by atoms with Gasteiger partial charge in [-0.1, -0.05) is 0 Å². The molecule has 0 spiro atoms. The smallest absolute Gasteiger partial charge is 0.142 e. The minimum absolute atomic E-state index is 0.117. The van der Waals surface area contributed by atoms with Gasteiger partial charge in [-0.05, 0) is 85.3 Å². The monoisotopic (exact) mass is 457 g/mol. The number of halogens is 2. The van der Waals surface area contributed by atoms with Crippen molar-refractivity contribution in [3.8, 4) is 5.75 Å². The summed E-state index contributed by atoms with van der Waals surface area (Å²) < 4.78 is 1.68. The number of hydrogen-bond acceptors (Lipinski definition) is 3. The van der Waals surface area contributed by atoms with Crippen molar-refractivity contribution < 1.29 is 5.11 Å². The third kappa shape index (κ3) is 2.52. The van der Waals surface area contributed by atoms with Gasteiger partial charge in [0, 0.05) is 0 Å². The second kappa shape index (κ2) is 5.19. The SMILES string of the molecule is N[C@H](c1ccsc1)c1cc(I)c(O)c(I)c1. The highest BCUT2D eigenvalue weighted by Gasteiger charge is 2.13. The highest BCUT2D eigenvalue weighted by Crippen LogP contribution is 2.31. The summed E-state index contributed by atoms with van der Waals surface area (Å²) in [7, 11) is 0. The lowest BCUT2D eigenvalue weighted by atomic mass is 10.0. The first-order valence-electron chi connectivity index (χ1n) is 4.55. The molecule has 0 unspecified atom stereocenters. The average molecular weight is 457 g/mol. The number of nitrogens with two attached hydrogens (primary N) is 1. The van der Waals surface area contributed by atoms with E-state index in [-0.39, 0.29) is 6.04 Å². The Hall–Kier alpha value is 0.140. The van der Waals surface area contributed by atoms with Crippen LogP contribution in [0.3, 0.4) is 0 Å². The Morgan fingerprint density at radius 3 is 2.31 bits per heavy atom. The normalized spacial score (nSPS) is 12.7. The quantitative estimate of drug-likeness (QED) is 0.676. The van der Waals surface area contributed by atoms with Crippen LogP contribution in [0.1, 0.15) is 17.2 Å². The van der Waals surface area contributed by atoms with Gasteiger partial charge < -0.3 is 10.8 Å². The molecule has 2 aromatic rings. The predicted octanol–water partition coefficient (Wildman–Crippen LogP) is 3.71. The molecule has 2 nitrogen and oxygen atoms in total. The van der Waals surface area contributed by atoms with E-state index in [9.17, 15) is 5.11 Å². The van der Waals surface area contributed by atoms with Crippen molar-refractivity contribution in [1.82, 2.24) is 0 Å². The van der Waals surface area contributed by atoms with Crippen LogP contribution < -0.4 is 5.73 Å². The molecule has 2 rings (SSSR count). The first-order chi connectivity index (χ1) is 7.59. The molecule has 0 aliphatic heterocycles. The van der Waals surface area contributed by atoms with Gasteiger partial charge in [-0.25, -0.2) is 0 Å². The van der Waals surface area contributed by atoms with Gasteiger partial charge in [-0.15, -0.1) is 0 Å². The zero-order valence-corrected chi connectivity index (χ0v) is 13.3. The first-order valence-corrected chi connectivity index (χ1v) is 7.65. The lowest BCUT2D eigenvalue weighted by molar-refractivity contribution is 0.467. The fourth-order valence-corrected chi connectivity index (χ4v) is 3.92. The lowest BCUT2D eigenvalue weighted by Gasteiger charge is -2.12. The number of benzene rings is 1. The molecule has 16 heavy (non-hydrogen) atoms. The van der Waals surface area contributed by atoms with E-state index < -0.39 is 0 Å². The number of aromatic hydroxyl groups is 1. The molecule has 0 saturated carbocycles. The second-order valence-electron chi connectivity index (χ2n) is 3.37. The summed E-state index contributed by atoms with van der Waals surface area (Å²) in [4.78, 5) is 0. The van der Waals surface area contributed by atoms with Gasteiger partial charge in [0.15, 0.2) is 0 Å². The first kappa shape index (κ1) is 12.6. The Morgan fingerprint density at radius 1 is 1.19 bits per heavy atom. The van der Waals surface area contributed by atoms with Crippen molar-refractivity contribution in [3.63, 3.8) is 0 Å². The number of rotatable bonds is 2. The van der Waals surface area contributed by atoms with Crippen LogP contribution in [-0.4, -0.2) is 5.11 Å². The number of hydrogen-bond donors (Lipinski definition) is 2. The molecule has 0 bridgehead atoms. The molecular formula is C11H9I2NOS. The van der Waals surface area contributed by atoms with Crippen molar-refractivity contribution in [3.05, 3.63) is 47.2 Å². The van der Waals surface area contributed by atoms with Crippen molar-refractivity contribution in [2.45, 2.75) is 6.04 Å². The molecule has 5 heteroatoms. The Kier molecular flexibility index (Phi) is 4.09. The minimum Gasteiger partial charge on any atom is -0.506 e. The Bertz CT molecular complexity index is 476. The minimum atomic E-state index is -0.117. The van der Waals surface area contributed by atoms with Crippen LogP contribution in [-0.2, 0) is 0 Å². The topological polar surface area (TPSA) is 46.2 Å². The van der Waals surface area contributed by atoms with Gasteiger partial charge in [0.25, 0.3) is 0 Å². The maximum absolute atomic E-state index is 9.69. The number of phenols is 1. The van der Waals surface area contributed by atoms with Gasteiger partial charge in [0.1, 0.15) is 5.75 Å². The van der Waals surface area contributed by atoms with E-state index in [1.165, 1.54) is 0 Å². The number of thiophene rings is 1. The molecule has 1 atom stereocenters. The summed E-state index contributed by atoms with van der Waals surface area (Å²) in [6.07, 6.45) is 0. The van der Waals surface area contributed by atoms with E-state index in [0.29, 0.717) is 5.75 Å². The van der Waals surface area contributed by atoms with Crippen LogP contribution in [0.25, 0.3) is 0 Å². The molecule has 0 fully saturated rings. The van der Waals surface area contributed by atoms with E-state index in [0.717, 1.165) is 18.3 Å². The van der Waals surface area contributed by atoms with Gasteiger partial charge in [-0.2, -0.15) is 11.3 Å². The molecule has 1 heterocycles. The highest BCUT2D eigenvalue weighted by molar-refractivity contribution is 14.1. The maximum atomic E-state index is 9.69. The molecule has 3 N–H and O–H groups in total. The zero-order chi connectivity index (χ0) is 11.7. The molecule has 0 radical (unpaired) electrons. The standard InChI is InChI=1S/C11H9I2NOS/c12-8-3-7(4-9(13)11(8)15)10(14)6-1-2-16-5-6/h1-5,10,15H,14H2/t10-/m1/s1. The van der Waals surface area contributed by atoms with Crippen LogP contribution in [0.4, 0.5) is 0 Å². The van der Waals surface area contributed by atoms with Gasteiger partial charge >= 0.3 is 0 Å². The van der Waals surface area contributed by atoms with Crippen molar-refractivity contribution in [1.29, 1.82) is 0 Å². The third-order valence-electron chi connectivity index (χ3n) is 2.30. The van der Waals surface area contributed by atoms with Gasteiger partial charge in [0.05, 0.1) is 13.2 Å². The van der Waals surface area contributed by atoms with E-state index in [2.05, 4.69) is 50.6 Å². The van der Waals surface area contributed by atoms with E-state index in [4.69, 9.17) is 5.73 Å². The fourth-order valence-electron chi connectivity index (χ4n) is 1.41. The summed E-state index contributed by atoms with van der Waals surface area (Å²) in [5.74, 6) is 0.336. The van der Waals surface area contributed by atoms with Crippen LogP contribution in [0.5, 0.6) is 5.75 Å². The Morgan fingerprint density at radius 2 is 1.81 bits per heavy atom. The highest BCUT2D eigenvalue weighted by atomic mass is 127. The van der Waals surface area contributed by atoms with E-state index >= 15 is 0 Å². The van der Waals surface area contributed by atoms with Crippen molar-refractivity contribution >= 4 is 56.5 Å². The molecule has 84 valence electrons. The largest absolute Gasteiger partial charge is 0.506 e. The summed E-state index contributed by atoms with van der Waals surface area (Å²) >= 11 is 5.88. The predicted molar refractivity (Wildman–Crippen MR) is 83.9 cm³/mol. The molecule has 0 saturated heterocycles. The molecular weight excluding hydrogens is 448 g/mol. The summed E-state index contributed by atoms with van der Waals surface area (Å²) in [5, 5.41) is 13.8. The number of phenolic OH excluding ortho intramolecular Hbond substituents is 1. The summed E-state index contributed by atoms with van der Waals surface area (Å²) in [6, 6.07) is 5.77. The maximum Gasteiger partial charge on any atom is 0.142 e. The molecule has 0 amide bonds. The second-order valence-corrected chi connectivity index (χ2v) is 6.47. The van der Waals surface area contributed by atoms with Crippen LogP contribution in [0.2, 0.25) is 0 Å². The summed E-state index contributed by atoms with van der Waals surface area (Å²) in [5.41, 5.74) is 8.31. The molecule has 0 aliphatic carbocycles. The van der Waals surface area contributed by atoms with Crippen molar-refractivity contribution in [2.24, 2.45) is 5.73 Å². The van der Waals surface area contributed by atoms with E-state index in [1.54, 1.807) is 11.3 Å². The molecule has 1 aromatic carbocycles. The van der Waals surface area contributed by atoms with Crippen LogP contribution in [0, 0.1) is 7.14 Å². The Balaban J connectivity index is 2.42. The molecule has 1 aromatic heterocycles. The average Bonchev–Trinajstić information content (AvgIpc) is 2.77. The summed E-state index contributed by atoms with van der Waals surface area (Å²) in [6.45, 7) is 0. The molecule has 0 aliphatic rings. The zero-order valence-electron chi connectivity index (χ0n) is 8.15. The van der Waals surface area contributed by atoms with Crippen LogP contribution in [0.15, 0.2) is 29.0 Å². The fraction of sp³-hybridized carbons (Fsp3) is 0.0909. The van der Waals surface area contributed by atoms with Crippen LogP contribution >= 0.6 is 56.5 Å². The lowest BCUT2D eigenvalue weighted by Crippen LogP contribution is -2.11. The Labute approximate surface area is 125 Å². The third-order valence-corrected chi connectivity index (χ3v) is 4.65. The van der Waals surface area contributed by atoms with Gasteiger partial charge in [0.2, 0.25) is 0 Å².